The van der Waals surface area contributed by atoms with Gasteiger partial charge >= 0.3 is 0 Å². The third-order valence-electron chi connectivity index (χ3n) is 6.51. The van der Waals surface area contributed by atoms with Crippen LogP contribution in [0, 0.1) is 0 Å². The molecular formula is C26H33NO7. The summed E-state index contributed by atoms with van der Waals surface area (Å²) in [6, 6.07) is 1.67. The summed E-state index contributed by atoms with van der Waals surface area (Å²) in [5.74, 6) is 1.94. The molecule has 0 radical (unpaired) electrons. The van der Waals surface area contributed by atoms with Crippen LogP contribution in [0.5, 0.6) is 17.2 Å². The van der Waals surface area contributed by atoms with Crippen molar-refractivity contribution in [2.75, 3.05) is 34.5 Å². The maximum Gasteiger partial charge on any atom is 0.217 e. The minimum atomic E-state index is -0.917. The molecule has 2 N–H and O–H groups in total. The van der Waals surface area contributed by atoms with Crippen molar-refractivity contribution in [3.05, 3.63) is 46.3 Å². The lowest BCUT2D eigenvalue weighted by Crippen LogP contribution is -2.34. The number of fused-ring (bicyclic) bond motifs is 2. The maximum atomic E-state index is 12.1. The number of carbonyl (C=O) groups is 1. The Morgan fingerprint density at radius 1 is 1.12 bits per heavy atom. The number of hydrogen-bond donors (Lipinski definition) is 2. The Bertz CT molecular complexity index is 1050. The van der Waals surface area contributed by atoms with Crippen molar-refractivity contribution in [2.45, 2.75) is 51.4 Å². The van der Waals surface area contributed by atoms with Gasteiger partial charge in [0, 0.05) is 18.9 Å². The average Bonchev–Trinajstić information content (AvgIpc) is 3.25. The fourth-order valence-electron chi connectivity index (χ4n) is 4.88. The van der Waals surface area contributed by atoms with Crippen LogP contribution in [0.3, 0.4) is 0 Å². The second-order valence-corrected chi connectivity index (χ2v) is 8.78. The number of amides is 1. The molecule has 0 saturated carbocycles. The van der Waals surface area contributed by atoms with E-state index in [1.807, 2.05) is 25.1 Å². The highest BCUT2D eigenvalue weighted by Crippen LogP contribution is 2.49. The van der Waals surface area contributed by atoms with Gasteiger partial charge in [0.2, 0.25) is 11.7 Å². The van der Waals surface area contributed by atoms with Crippen LogP contribution in [0.1, 0.15) is 37.8 Å². The molecule has 0 aromatic heterocycles. The average molecular weight is 472 g/mol. The van der Waals surface area contributed by atoms with Crippen LogP contribution in [0.25, 0.3) is 5.57 Å². The number of nitrogens with one attached hydrogen (secondary N) is 1. The van der Waals surface area contributed by atoms with Crippen LogP contribution < -0.4 is 19.5 Å². The van der Waals surface area contributed by atoms with Gasteiger partial charge in [0.05, 0.1) is 40.6 Å². The zero-order chi connectivity index (χ0) is 24.4. The summed E-state index contributed by atoms with van der Waals surface area (Å²) in [7, 11) is 4.77. The first kappa shape index (κ1) is 24.2. The zero-order valence-corrected chi connectivity index (χ0v) is 20.4. The van der Waals surface area contributed by atoms with E-state index in [-0.39, 0.29) is 18.1 Å². The van der Waals surface area contributed by atoms with E-state index in [1.165, 1.54) is 6.92 Å². The first-order valence-electron chi connectivity index (χ1n) is 11.5. The fraction of sp³-hybridized carbons (Fsp3) is 0.500. The number of allylic oxidation sites excluding steroid dienone is 2. The Balaban J connectivity index is 1.97. The van der Waals surface area contributed by atoms with Crippen molar-refractivity contribution in [1.29, 1.82) is 0 Å². The van der Waals surface area contributed by atoms with Gasteiger partial charge in [-0.2, -0.15) is 0 Å². The summed E-state index contributed by atoms with van der Waals surface area (Å²) in [6.45, 7) is 4.50. The normalized spacial score (nSPS) is 24.1. The summed E-state index contributed by atoms with van der Waals surface area (Å²) in [5, 5.41) is 14.2. The number of aryl methyl sites for hydroxylation is 1. The molecule has 1 aliphatic heterocycles. The molecule has 0 bridgehead atoms. The minimum absolute atomic E-state index is 0.118. The van der Waals surface area contributed by atoms with Gasteiger partial charge in [-0.05, 0) is 54.2 Å². The van der Waals surface area contributed by atoms with E-state index < -0.39 is 6.10 Å². The number of methoxy groups -OCH3 is 3. The molecule has 0 unspecified atom stereocenters. The Kier molecular flexibility index (Phi) is 7.19. The molecule has 1 saturated heterocycles. The summed E-state index contributed by atoms with van der Waals surface area (Å²) in [6.07, 6.45) is 4.89. The van der Waals surface area contributed by atoms with E-state index >= 15 is 0 Å². The molecule has 1 aromatic carbocycles. The zero-order valence-electron chi connectivity index (χ0n) is 20.4. The Morgan fingerprint density at radius 2 is 1.88 bits per heavy atom. The van der Waals surface area contributed by atoms with Crippen LogP contribution in [-0.4, -0.2) is 63.8 Å². The molecule has 1 amide bonds. The van der Waals surface area contributed by atoms with Gasteiger partial charge in [-0.1, -0.05) is 6.08 Å². The predicted molar refractivity (Wildman–Crippen MR) is 127 cm³/mol. The standard InChI is InChI=1S/C26H33NO7/c1-14-10-19-18(12-21(24(14)29)34-17-8-9-33-13-17)20(27-15(2)28)7-6-16-11-22(30-3)25(31-4)26(32-5)23(16)19/h10-12,17,20,24,29H,6-9,13H2,1-5H3,(H,27,28)/t17-,20+,24+/m1/s1. The molecule has 1 aromatic rings. The fourth-order valence-corrected chi connectivity index (χ4v) is 4.88. The number of rotatable bonds is 6. The third kappa shape index (κ3) is 4.52. The summed E-state index contributed by atoms with van der Waals surface area (Å²) < 4.78 is 28.7. The highest BCUT2D eigenvalue weighted by molar-refractivity contribution is 5.89. The second kappa shape index (κ2) is 10.1. The smallest absolute Gasteiger partial charge is 0.217 e. The molecular weight excluding hydrogens is 438 g/mol. The van der Waals surface area contributed by atoms with E-state index in [2.05, 4.69) is 5.32 Å². The van der Waals surface area contributed by atoms with E-state index in [1.54, 1.807) is 21.3 Å². The van der Waals surface area contributed by atoms with Crippen molar-refractivity contribution in [3.63, 3.8) is 0 Å². The van der Waals surface area contributed by atoms with Gasteiger partial charge in [0.15, 0.2) is 11.5 Å². The molecule has 3 aliphatic rings. The van der Waals surface area contributed by atoms with Gasteiger partial charge in [-0.25, -0.2) is 0 Å². The minimum Gasteiger partial charge on any atom is -0.493 e. The first-order valence-corrected chi connectivity index (χ1v) is 11.5. The summed E-state index contributed by atoms with van der Waals surface area (Å²) in [5.41, 5.74) is 4.29. The molecule has 1 heterocycles. The van der Waals surface area contributed by atoms with Crippen LogP contribution >= 0.6 is 0 Å². The first-order chi connectivity index (χ1) is 16.4. The predicted octanol–water partition coefficient (Wildman–Crippen LogP) is 2.93. The van der Waals surface area contributed by atoms with E-state index in [9.17, 15) is 9.90 Å². The Labute approximate surface area is 200 Å². The lowest BCUT2D eigenvalue weighted by atomic mass is 9.92. The van der Waals surface area contributed by atoms with Crippen molar-refractivity contribution in [3.8, 4) is 17.2 Å². The summed E-state index contributed by atoms with van der Waals surface area (Å²) >= 11 is 0. The molecule has 2 aliphatic carbocycles. The number of aliphatic hydroxyl groups is 1. The van der Waals surface area contributed by atoms with E-state index in [0.29, 0.717) is 49.1 Å². The summed E-state index contributed by atoms with van der Waals surface area (Å²) in [4.78, 5) is 12.1. The lowest BCUT2D eigenvalue weighted by molar-refractivity contribution is -0.119. The molecule has 184 valence electrons. The number of ether oxygens (including phenoxy) is 5. The van der Waals surface area contributed by atoms with Crippen LogP contribution in [0.2, 0.25) is 0 Å². The Hall–Kier alpha value is -2.97. The van der Waals surface area contributed by atoms with Gasteiger partial charge in [-0.15, -0.1) is 0 Å². The largest absolute Gasteiger partial charge is 0.493 e. The van der Waals surface area contributed by atoms with Crippen molar-refractivity contribution in [2.24, 2.45) is 0 Å². The van der Waals surface area contributed by atoms with Gasteiger partial charge in [0.1, 0.15) is 18.0 Å². The highest BCUT2D eigenvalue weighted by atomic mass is 16.6. The number of benzene rings is 1. The van der Waals surface area contributed by atoms with Crippen LogP contribution in [-0.2, 0) is 20.7 Å². The molecule has 8 heteroatoms. The van der Waals surface area contributed by atoms with Gasteiger partial charge in [-0.3, -0.25) is 4.79 Å². The Morgan fingerprint density at radius 3 is 2.50 bits per heavy atom. The quantitative estimate of drug-likeness (QED) is 0.659. The van der Waals surface area contributed by atoms with Gasteiger partial charge < -0.3 is 34.1 Å². The SMILES string of the molecule is COc1cc2c(c(OC)c1OC)C1=C(C=C(O[C@@H]3CCOC3)[C@@H](O)C(C)=C1)[C@@H](NC(C)=O)CC2. The van der Waals surface area contributed by atoms with Crippen LogP contribution in [0.15, 0.2) is 35.1 Å². The molecule has 1 fully saturated rings. The molecule has 0 spiro atoms. The molecule has 3 atom stereocenters. The molecule has 4 rings (SSSR count). The third-order valence-corrected chi connectivity index (χ3v) is 6.51. The van der Waals surface area contributed by atoms with E-state index in [4.69, 9.17) is 23.7 Å². The lowest BCUT2D eigenvalue weighted by Gasteiger charge is -2.22. The van der Waals surface area contributed by atoms with Crippen molar-refractivity contribution in [1.82, 2.24) is 5.32 Å². The van der Waals surface area contributed by atoms with Gasteiger partial charge in [0.25, 0.3) is 0 Å². The van der Waals surface area contributed by atoms with E-state index in [0.717, 1.165) is 34.3 Å². The van der Waals surface area contributed by atoms with Crippen molar-refractivity contribution >= 4 is 11.5 Å². The molecule has 34 heavy (non-hydrogen) atoms. The number of aliphatic hydroxyl groups excluding tert-OH is 1. The second-order valence-electron chi connectivity index (χ2n) is 8.78. The topological polar surface area (TPSA) is 95.5 Å². The van der Waals surface area contributed by atoms with Crippen molar-refractivity contribution < 1.29 is 33.6 Å². The maximum absolute atomic E-state index is 12.1. The number of carbonyl (C=O) groups excluding carboxylic acids is 1. The number of hydrogen-bond acceptors (Lipinski definition) is 7. The highest BCUT2D eigenvalue weighted by Gasteiger charge is 2.33. The molecule has 8 nitrogen and oxygen atoms in total. The van der Waals surface area contributed by atoms with Crippen LogP contribution in [0.4, 0.5) is 0 Å². The monoisotopic (exact) mass is 471 g/mol.